The van der Waals surface area contributed by atoms with Crippen LogP contribution in [0.3, 0.4) is 0 Å². The number of carbonyl (C=O) groups is 2. The van der Waals surface area contributed by atoms with Crippen LogP contribution < -0.4 is 10.6 Å². The lowest BCUT2D eigenvalue weighted by Gasteiger charge is -2.56. The van der Waals surface area contributed by atoms with Gasteiger partial charge in [0.05, 0.1) is 47.6 Å². The van der Waals surface area contributed by atoms with Gasteiger partial charge in [-0.3, -0.25) is 14.5 Å². The zero-order valence-corrected chi connectivity index (χ0v) is 34.7. The third kappa shape index (κ3) is 6.74. The molecule has 1 saturated carbocycles. The van der Waals surface area contributed by atoms with Crippen molar-refractivity contribution in [2.75, 3.05) is 11.9 Å². The molecule has 2 amide bonds. The first kappa shape index (κ1) is 40.9. The van der Waals surface area contributed by atoms with Gasteiger partial charge in [0.2, 0.25) is 11.8 Å². The van der Waals surface area contributed by atoms with Crippen LogP contribution in [0.2, 0.25) is 10.2 Å². The maximum atomic E-state index is 17.1. The number of nitrogens with one attached hydrogen (secondary N) is 2. The molecule has 4 aliphatic rings. The van der Waals surface area contributed by atoms with Crippen LogP contribution in [-0.4, -0.2) is 67.8 Å². The predicted octanol–water partition coefficient (Wildman–Crippen LogP) is 8.43. The van der Waals surface area contributed by atoms with Gasteiger partial charge in [-0.15, -0.1) is 0 Å². The molecule has 2 spiro atoms. The monoisotopic (exact) mass is 828 g/mol. The number of carbonyl (C=O) groups excluding carboxylic acids is 2. The van der Waals surface area contributed by atoms with Crippen LogP contribution in [0.4, 0.5) is 10.2 Å². The Hall–Kier alpha value is -3.90. The molecule has 1 aromatic heterocycles. The lowest BCUT2D eigenvalue weighted by atomic mass is 9.53. The Bertz CT molecular complexity index is 2170. The third-order valence-electron chi connectivity index (χ3n) is 13.5. The van der Waals surface area contributed by atoms with Gasteiger partial charge in [-0.25, -0.2) is 9.37 Å². The van der Waals surface area contributed by atoms with E-state index in [0.717, 1.165) is 5.56 Å². The van der Waals surface area contributed by atoms with E-state index < -0.39 is 70.4 Å². The molecule has 58 heavy (non-hydrogen) atoms. The number of hydrogen-bond donors (Lipinski definition) is 4. The summed E-state index contributed by atoms with van der Waals surface area (Å²) < 4.78 is 23.2. The smallest absolute Gasteiger partial charge is 0.238 e. The lowest BCUT2D eigenvalue weighted by molar-refractivity contribution is -0.140. The molecule has 2 saturated heterocycles. The SMILES string of the molecule is CC1(C)CCC2(CC1)N([C@H](c1ccccc1)[C@@H](O)c1ccccc1)[C@@H](C(=O)N[C@@H]1CC[C@@H](C(C)(C)O)OC1)[C@H](c1cccc(Cl)c1F)C21C(=O)Nc2nc(Cl)ccc21. The largest absolute Gasteiger partial charge is 0.388 e. The van der Waals surface area contributed by atoms with E-state index >= 15 is 14.0 Å². The normalized spacial score (nSPS) is 27.6. The number of amides is 2. The number of nitrogens with zero attached hydrogens (tertiary/aromatic N) is 2. The van der Waals surface area contributed by atoms with Gasteiger partial charge in [-0.2, -0.15) is 0 Å². The fourth-order valence-corrected chi connectivity index (χ4v) is 11.0. The molecule has 306 valence electrons. The molecule has 4 N–H and O–H groups in total. The summed E-state index contributed by atoms with van der Waals surface area (Å²) in [6, 6.07) is 24.4. The van der Waals surface area contributed by atoms with Crippen molar-refractivity contribution in [3.8, 4) is 0 Å². The highest BCUT2D eigenvalue weighted by Crippen LogP contribution is 2.69. The summed E-state index contributed by atoms with van der Waals surface area (Å²) in [4.78, 5) is 38.1. The van der Waals surface area contributed by atoms with E-state index in [1.807, 2.05) is 60.7 Å². The Morgan fingerprint density at radius 2 is 1.60 bits per heavy atom. The van der Waals surface area contributed by atoms with E-state index in [4.69, 9.17) is 27.9 Å². The number of rotatable bonds is 8. The van der Waals surface area contributed by atoms with Crippen LogP contribution >= 0.6 is 23.2 Å². The number of halogens is 3. The number of aliphatic hydroxyl groups is 2. The maximum Gasteiger partial charge on any atom is 0.238 e. The highest BCUT2D eigenvalue weighted by molar-refractivity contribution is 6.31. The number of ether oxygens (including phenoxy) is 1. The zero-order valence-electron chi connectivity index (χ0n) is 33.2. The van der Waals surface area contributed by atoms with Gasteiger partial charge in [0.25, 0.3) is 0 Å². The Balaban J connectivity index is 1.43. The second kappa shape index (κ2) is 15.3. The van der Waals surface area contributed by atoms with E-state index in [1.54, 1.807) is 38.1 Å². The van der Waals surface area contributed by atoms with Gasteiger partial charge in [0, 0.05) is 17.0 Å². The molecule has 4 heterocycles. The molecule has 0 bridgehead atoms. The molecule has 1 unspecified atom stereocenters. The zero-order chi connectivity index (χ0) is 41.2. The number of benzene rings is 3. The highest BCUT2D eigenvalue weighted by Gasteiger charge is 2.77. The standard InChI is InChI=1S/C46H51Cl2FN4O5/c1-43(2)22-24-45(25-23-43)46(31-19-21-34(48)51-40(31)52-42(46)56)35(30-16-11-17-32(47)36(30)49)38(41(55)50-29-18-20-33(58-26-29)44(3,4)57)53(45)37(27-12-7-5-8-13-27)39(54)28-14-9-6-10-15-28/h5-17,19,21,29,33,35,37-39,54,57H,18,20,22-26H2,1-4H3,(H,50,55)(H,51,52,56)/t29-,33+,35+,37-,38-,39+,46?/m1/s1. The molecule has 9 nitrogen and oxygen atoms in total. The first-order valence-electron chi connectivity index (χ1n) is 20.2. The molecule has 3 aromatic carbocycles. The molecule has 3 fully saturated rings. The summed E-state index contributed by atoms with van der Waals surface area (Å²) >= 11 is 13.1. The highest BCUT2D eigenvalue weighted by atomic mass is 35.5. The lowest BCUT2D eigenvalue weighted by Crippen LogP contribution is -2.64. The van der Waals surface area contributed by atoms with Crippen LogP contribution in [0.15, 0.2) is 91.0 Å². The molecule has 7 atom stereocenters. The summed E-state index contributed by atoms with van der Waals surface area (Å²) in [5, 5.41) is 30.0. The number of aliphatic hydroxyl groups excluding tert-OH is 1. The van der Waals surface area contributed by atoms with Gasteiger partial charge in [-0.05, 0) is 86.6 Å². The van der Waals surface area contributed by atoms with Crippen LogP contribution in [0.5, 0.6) is 0 Å². The van der Waals surface area contributed by atoms with E-state index in [1.165, 1.54) is 6.07 Å². The second-order valence-corrected chi connectivity index (χ2v) is 18.7. The van der Waals surface area contributed by atoms with Crippen molar-refractivity contribution in [2.45, 2.75) is 119 Å². The van der Waals surface area contributed by atoms with Crippen LogP contribution in [0, 0.1) is 11.2 Å². The quantitative estimate of drug-likeness (QED) is 0.132. The Morgan fingerprint density at radius 1 is 0.948 bits per heavy atom. The average molecular weight is 830 g/mol. The summed E-state index contributed by atoms with van der Waals surface area (Å²) in [7, 11) is 0. The Kier molecular flexibility index (Phi) is 10.8. The minimum atomic E-state index is -1.62. The molecule has 8 rings (SSSR count). The van der Waals surface area contributed by atoms with E-state index in [2.05, 4.69) is 34.4 Å². The first-order chi connectivity index (χ1) is 27.6. The van der Waals surface area contributed by atoms with Crippen molar-refractivity contribution in [3.63, 3.8) is 0 Å². The number of aromatic nitrogens is 1. The van der Waals surface area contributed by atoms with Crippen molar-refractivity contribution in [2.24, 2.45) is 5.41 Å². The van der Waals surface area contributed by atoms with Gasteiger partial charge in [0.1, 0.15) is 22.2 Å². The number of likely N-dealkylation sites (tertiary alicyclic amines) is 1. The maximum absolute atomic E-state index is 17.1. The van der Waals surface area contributed by atoms with Gasteiger partial charge in [-0.1, -0.05) is 116 Å². The molecule has 3 aliphatic heterocycles. The van der Waals surface area contributed by atoms with E-state index in [0.29, 0.717) is 49.7 Å². The number of pyridine rings is 1. The van der Waals surface area contributed by atoms with Crippen molar-refractivity contribution in [3.05, 3.63) is 129 Å². The first-order valence-corrected chi connectivity index (χ1v) is 21.0. The van der Waals surface area contributed by atoms with Crippen molar-refractivity contribution < 1.29 is 28.9 Å². The molecule has 4 aromatic rings. The number of anilines is 1. The molecule has 1 aliphatic carbocycles. The van der Waals surface area contributed by atoms with Crippen LogP contribution in [0.1, 0.15) is 107 Å². The summed E-state index contributed by atoms with van der Waals surface area (Å²) in [6.07, 6.45) is 1.62. The molecule has 0 radical (unpaired) electrons. The molecule has 12 heteroatoms. The third-order valence-corrected chi connectivity index (χ3v) is 14.0. The minimum Gasteiger partial charge on any atom is -0.388 e. The van der Waals surface area contributed by atoms with Gasteiger partial charge < -0.3 is 25.6 Å². The van der Waals surface area contributed by atoms with Crippen molar-refractivity contribution in [1.29, 1.82) is 0 Å². The van der Waals surface area contributed by atoms with E-state index in [9.17, 15) is 10.2 Å². The summed E-state index contributed by atoms with van der Waals surface area (Å²) in [5.74, 6) is -2.49. The van der Waals surface area contributed by atoms with Gasteiger partial charge in [0.15, 0.2) is 0 Å². The van der Waals surface area contributed by atoms with E-state index in [-0.39, 0.29) is 33.6 Å². The number of hydrogen-bond acceptors (Lipinski definition) is 7. The Morgan fingerprint density at radius 3 is 2.22 bits per heavy atom. The molecular formula is C46H51Cl2FN4O5. The van der Waals surface area contributed by atoms with Crippen molar-refractivity contribution in [1.82, 2.24) is 15.2 Å². The predicted molar refractivity (Wildman–Crippen MR) is 222 cm³/mol. The topological polar surface area (TPSA) is 124 Å². The fourth-order valence-electron chi connectivity index (χ4n) is 10.7. The second-order valence-electron chi connectivity index (χ2n) is 17.9. The number of fused-ring (bicyclic) bond motifs is 3. The van der Waals surface area contributed by atoms with Gasteiger partial charge >= 0.3 is 0 Å². The average Bonchev–Trinajstić information content (AvgIpc) is 3.62. The van der Waals surface area contributed by atoms with Crippen LogP contribution in [-0.2, 0) is 19.7 Å². The summed E-state index contributed by atoms with van der Waals surface area (Å²) in [6.45, 7) is 7.96. The summed E-state index contributed by atoms with van der Waals surface area (Å²) in [5.41, 5.74) is -2.04. The van der Waals surface area contributed by atoms with Crippen LogP contribution in [0.25, 0.3) is 0 Å². The Labute approximate surface area is 349 Å². The molecular weight excluding hydrogens is 778 g/mol. The fraction of sp³-hybridized carbons (Fsp3) is 0.457. The minimum absolute atomic E-state index is 0.111. The van der Waals surface area contributed by atoms with Crippen molar-refractivity contribution >= 4 is 40.8 Å².